The molecule has 1 heterocycles. The van der Waals surface area contributed by atoms with Crippen molar-refractivity contribution in [3.63, 3.8) is 0 Å². The molecule has 0 amide bonds. The number of nitrogens with zero attached hydrogens (tertiary/aromatic N) is 1. The lowest BCUT2D eigenvalue weighted by molar-refractivity contribution is 0.125. The van der Waals surface area contributed by atoms with Crippen LogP contribution in [-0.4, -0.2) is 31.1 Å². The number of halogens is 1. The van der Waals surface area contributed by atoms with Crippen molar-refractivity contribution in [1.82, 2.24) is 4.90 Å². The molecule has 1 aliphatic rings. The Kier molecular flexibility index (Phi) is 4.87. The van der Waals surface area contributed by atoms with Crippen LogP contribution >= 0.6 is 11.6 Å². The lowest BCUT2D eigenvalue weighted by atomic mass is 10.0. The van der Waals surface area contributed by atoms with E-state index in [1.807, 2.05) is 18.2 Å². The zero-order chi connectivity index (χ0) is 13.0. The fourth-order valence-electron chi connectivity index (χ4n) is 2.33. The fraction of sp³-hybridized carbons (Fsp3) is 0.571. The monoisotopic (exact) mass is 268 g/mol. The van der Waals surface area contributed by atoms with Gasteiger partial charge in [-0.05, 0) is 44.1 Å². The van der Waals surface area contributed by atoms with Crippen LogP contribution in [0.25, 0.3) is 0 Å². The maximum absolute atomic E-state index is 6.17. The SMILES string of the molecule is CN1CCCCC1COc1ccc(CN)cc1Cl. The number of likely N-dealkylation sites (N-methyl/N-ethyl adjacent to an activating group) is 1. The summed E-state index contributed by atoms with van der Waals surface area (Å²) in [7, 11) is 2.16. The molecule has 100 valence electrons. The molecule has 0 bridgehead atoms. The predicted octanol–water partition coefficient (Wildman–Crippen LogP) is 2.66. The number of ether oxygens (including phenoxy) is 1. The molecule has 0 saturated carbocycles. The van der Waals surface area contributed by atoms with Crippen molar-refractivity contribution in [2.45, 2.75) is 31.8 Å². The van der Waals surface area contributed by atoms with Crippen LogP contribution in [0.1, 0.15) is 24.8 Å². The van der Waals surface area contributed by atoms with Gasteiger partial charge in [0.1, 0.15) is 12.4 Å². The molecule has 0 aromatic heterocycles. The van der Waals surface area contributed by atoms with Gasteiger partial charge < -0.3 is 15.4 Å². The van der Waals surface area contributed by atoms with Crippen LogP contribution in [0.2, 0.25) is 5.02 Å². The van der Waals surface area contributed by atoms with Gasteiger partial charge in [0.05, 0.1) is 5.02 Å². The van der Waals surface area contributed by atoms with E-state index in [4.69, 9.17) is 22.1 Å². The molecular formula is C14H21ClN2O. The lowest BCUT2D eigenvalue weighted by Crippen LogP contribution is -2.40. The molecular weight excluding hydrogens is 248 g/mol. The summed E-state index contributed by atoms with van der Waals surface area (Å²) < 4.78 is 5.83. The van der Waals surface area contributed by atoms with Gasteiger partial charge in [-0.1, -0.05) is 24.1 Å². The van der Waals surface area contributed by atoms with Crippen LogP contribution in [0, 0.1) is 0 Å². The van der Waals surface area contributed by atoms with Crippen LogP contribution in [0.3, 0.4) is 0 Å². The normalized spacial score (nSPS) is 20.9. The third kappa shape index (κ3) is 3.37. The third-order valence-electron chi connectivity index (χ3n) is 3.58. The van der Waals surface area contributed by atoms with E-state index in [1.165, 1.54) is 19.3 Å². The molecule has 1 fully saturated rings. The molecule has 1 aromatic carbocycles. The van der Waals surface area contributed by atoms with E-state index in [0.717, 1.165) is 17.9 Å². The Morgan fingerprint density at radius 2 is 2.28 bits per heavy atom. The molecule has 18 heavy (non-hydrogen) atoms. The topological polar surface area (TPSA) is 38.5 Å². The second-order valence-corrected chi connectivity index (χ2v) is 5.32. The van der Waals surface area contributed by atoms with Gasteiger partial charge in [0, 0.05) is 12.6 Å². The van der Waals surface area contributed by atoms with Gasteiger partial charge in [0.25, 0.3) is 0 Å². The Bertz CT molecular complexity index is 397. The molecule has 0 radical (unpaired) electrons. The second-order valence-electron chi connectivity index (χ2n) is 4.91. The smallest absolute Gasteiger partial charge is 0.137 e. The Morgan fingerprint density at radius 3 is 2.94 bits per heavy atom. The standard InChI is InChI=1S/C14H21ClN2O/c1-17-7-3-2-4-12(17)10-18-14-6-5-11(9-16)8-13(14)15/h5-6,8,12H,2-4,7,9-10,16H2,1H3. The van der Waals surface area contributed by atoms with Gasteiger partial charge in [0.2, 0.25) is 0 Å². The Hall–Kier alpha value is -0.770. The largest absolute Gasteiger partial charge is 0.490 e. The van der Waals surface area contributed by atoms with E-state index < -0.39 is 0 Å². The van der Waals surface area contributed by atoms with Crippen molar-refractivity contribution >= 4 is 11.6 Å². The van der Waals surface area contributed by atoms with Crippen LogP contribution in [0.15, 0.2) is 18.2 Å². The molecule has 0 aliphatic carbocycles. The predicted molar refractivity (Wildman–Crippen MR) is 75.1 cm³/mol. The Morgan fingerprint density at radius 1 is 1.44 bits per heavy atom. The Balaban J connectivity index is 1.93. The Labute approximate surface area is 114 Å². The molecule has 1 aliphatic heterocycles. The van der Waals surface area contributed by atoms with Crippen molar-refractivity contribution in [2.75, 3.05) is 20.2 Å². The first-order chi connectivity index (χ1) is 8.70. The molecule has 1 atom stereocenters. The zero-order valence-electron chi connectivity index (χ0n) is 10.9. The summed E-state index contributed by atoms with van der Waals surface area (Å²) in [5, 5.41) is 0.649. The third-order valence-corrected chi connectivity index (χ3v) is 3.88. The van der Waals surface area contributed by atoms with E-state index in [1.54, 1.807) is 0 Å². The molecule has 0 spiro atoms. The molecule has 1 unspecified atom stereocenters. The first-order valence-corrected chi connectivity index (χ1v) is 6.90. The first-order valence-electron chi connectivity index (χ1n) is 6.52. The minimum absolute atomic E-state index is 0.504. The highest BCUT2D eigenvalue weighted by molar-refractivity contribution is 6.32. The fourth-order valence-corrected chi connectivity index (χ4v) is 2.59. The van der Waals surface area contributed by atoms with E-state index in [-0.39, 0.29) is 0 Å². The summed E-state index contributed by atoms with van der Waals surface area (Å²) in [4.78, 5) is 2.37. The summed E-state index contributed by atoms with van der Waals surface area (Å²) in [6.45, 7) is 2.37. The van der Waals surface area contributed by atoms with E-state index in [0.29, 0.717) is 24.2 Å². The van der Waals surface area contributed by atoms with E-state index in [2.05, 4.69) is 11.9 Å². The number of likely N-dealkylation sites (tertiary alicyclic amines) is 1. The highest BCUT2D eigenvalue weighted by Crippen LogP contribution is 2.26. The van der Waals surface area contributed by atoms with Gasteiger partial charge in [-0.3, -0.25) is 0 Å². The average molecular weight is 269 g/mol. The maximum atomic E-state index is 6.17. The van der Waals surface area contributed by atoms with Crippen molar-refractivity contribution in [3.05, 3.63) is 28.8 Å². The number of hydrogen-bond donors (Lipinski definition) is 1. The minimum atomic E-state index is 0.504. The zero-order valence-corrected chi connectivity index (χ0v) is 11.6. The molecule has 2 rings (SSSR count). The summed E-state index contributed by atoms with van der Waals surface area (Å²) in [5.74, 6) is 0.757. The average Bonchev–Trinajstić information content (AvgIpc) is 2.39. The maximum Gasteiger partial charge on any atom is 0.137 e. The van der Waals surface area contributed by atoms with Crippen LogP contribution in [0.5, 0.6) is 5.75 Å². The van der Waals surface area contributed by atoms with E-state index in [9.17, 15) is 0 Å². The minimum Gasteiger partial charge on any atom is -0.490 e. The summed E-state index contributed by atoms with van der Waals surface area (Å²) in [6.07, 6.45) is 3.78. The molecule has 1 saturated heterocycles. The lowest BCUT2D eigenvalue weighted by Gasteiger charge is -2.32. The number of benzene rings is 1. The molecule has 4 heteroatoms. The van der Waals surface area contributed by atoms with Gasteiger partial charge >= 0.3 is 0 Å². The summed E-state index contributed by atoms with van der Waals surface area (Å²) in [5.41, 5.74) is 6.60. The summed E-state index contributed by atoms with van der Waals surface area (Å²) >= 11 is 6.17. The van der Waals surface area contributed by atoms with Crippen LogP contribution in [0.4, 0.5) is 0 Å². The molecule has 2 N–H and O–H groups in total. The van der Waals surface area contributed by atoms with Crippen molar-refractivity contribution in [1.29, 1.82) is 0 Å². The number of hydrogen-bond acceptors (Lipinski definition) is 3. The van der Waals surface area contributed by atoms with Crippen LogP contribution < -0.4 is 10.5 Å². The quantitative estimate of drug-likeness (QED) is 0.912. The van der Waals surface area contributed by atoms with Crippen molar-refractivity contribution < 1.29 is 4.74 Å². The molecule has 3 nitrogen and oxygen atoms in total. The van der Waals surface area contributed by atoms with Gasteiger partial charge in [-0.15, -0.1) is 0 Å². The van der Waals surface area contributed by atoms with Crippen molar-refractivity contribution in [2.24, 2.45) is 5.73 Å². The second kappa shape index (κ2) is 6.41. The van der Waals surface area contributed by atoms with E-state index >= 15 is 0 Å². The first kappa shape index (κ1) is 13.7. The number of piperidine rings is 1. The highest BCUT2D eigenvalue weighted by atomic mass is 35.5. The van der Waals surface area contributed by atoms with Crippen LogP contribution in [-0.2, 0) is 6.54 Å². The van der Waals surface area contributed by atoms with Gasteiger partial charge in [0.15, 0.2) is 0 Å². The van der Waals surface area contributed by atoms with Gasteiger partial charge in [-0.25, -0.2) is 0 Å². The summed E-state index contributed by atoms with van der Waals surface area (Å²) in [6, 6.07) is 6.25. The van der Waals surface area contributed by atoms with Crippen molar-refractivity contribution in [3.8, 4) is 5.75 Å². The highest BCUT2D eigenvalue weighted by Gasteiger charge is 2.19. The van der Waals surface area contributed by atoms with Gasteiger partial charge in [-0.2, -0.15) is 0 Å². The molecule has 1 aromatic rings. The number of nitrogens with two attached hydrogens (primary N) is 1. The number of rotatable bonds is 4.